The monoisotopic (exact) mass is 366 g/mol. The molecule has 2 heterocycles. The first kappa shape index (κ1) is 17.7. The van der Waals surface area contributed by atoms with E-state index in [0.29, 0.717) is 29.4 Å². The van der Waals surface area contributed by atoms with Gasteiger partial charge in [0.25, 0.3) is 5.56 Å². The second-order valence-electron chi connectivity index (χ2n) is 6.37. The number of hydrogen-bond acceptors (Lipinski definition) is 4. The van der Waals surface area contributed by atoms with Crippen molar-refractivity contribution in [2.45, 2.75) is 25.4 Å². The molecule has 1 aromatic heterocycles. The summed E-state index contributed by atoms with van der Waals surface area (Å²) in [5.41, 5.74) is 6.06. The van der Waals surface area contributed by atoms with Gasteiger partial charge in [-0.2, -0.15) is 0 Å². The predicted molar refractivity (Wildman–Crippen MR) is 95.9 cm³/mol. The molecule has 1 saturated heterocycles. The fraction of sp³-hybridized carbons (Fsp3) is 0.412. The standard InChI is InChI=1S/C17H20ClFN4O2/c1-21-16(24)15(22-6-2-3-13(20)9-22)10-23(17(21)25)8-11-7-12(19)4-5-14(11)18/h4-5,7,10,13H,2-3,6,8-9,20H2,1H3/t13-/m1/s1. The van der Waals surface area contributed by atoms with Gasteiger partial charge in [0.15, 0.2) is 0 Å². The highest BCUT2D eigenvalue weighted by atomic mass is 35.5. The quantitative estimate of drug-likeness (QED) is 0.889. The molecule has 1 aliphatic rings. The van der Waals surface area contributed by atoms with Gasteiger partial charge in [-0.25, -0.2) is 9.18 Å². The van der Waals surface area contributed by atoms with Crippen LogP contribution in [0.4, 0.5) is 10.1 Å². The molecule has 1 aliphatic heterocycles. The molecule has 2 aromatic rings. The second kappa shape index (κ2) is 7.01. The smallest absolute Gasteiger partial charge is 0.331 e. The van der Waals surface area contributed by atoms with E-state index in [4.69, 9.17) is 17.3 Å². The minimum Gasteiger partial charge on any atom is -0.364 e. The zero-order valence-electron chi connectivity index (χ0n) is 13.9. The number of rotatable bonds is 3. The number of nitrogens with zero attached hydrogens (tertiary/aromatic N) is 3. The largest absolute Gasteiger partial charge is 0.364 e. The highest BCUT2D eigenvalue weighted by Crippen LogP contribution is 2.19. The number of anilines is 1. The van der Waals surface area contributed by atoms with Crippen molar-refractivity contribution in [2.75, 3.05) is 18.0 Å². The number of halogens is 2. The minimum atomic E-state index is -0.476. The molecule has 25 heavy (non-hydrogen) atoms. The van der Waals surface area contributed by atoms with Crippen LogP contribution in [0.2, 0.25) is 5.02 Å². The van der Waals surface area contributed by atoms with Crippen molar-refractivity contribution in [1.82, 2.24) is 9.13 Å². The van der Waals surface area contributed by atoms with Crippen LogP contribution < -0.4 is 21.9 Å². The van der Waals surface area contributed by atoms with E-state index in [2.05, 4.69) is 0 Å². The molecule has 1 atom stereocenters. The van der Waals surface area contributed by atoms with Gasteiger partial charge in [0.2, 0.25) is 0 Å². The van der Waals surface area contributed by atoms with Crippen LogP contribution >= 0.6 is 11.6 Å². The molecule has 0 bridgehead atoms. The Kier molecular flexibility index (Phi) is 4.96. The van der Waals surface area contributed by atoms with Crippen LogP contribution in [-0.4, -0.2) is 28.3 Å². The van der Waals surface area contributed by atoms with Crippen molar-refractivity contribution < 1.29 is 4.39 Å². The zero-order chi connectivity index (χ0) is 18.1. The second-order valence-corrected chi connectivity index (χ2v) is 6.78. The molecule has 3 rings (SSSR count). The molecular formula is C17H20ClFN4O2. The van der Waals surface area contributed by atoms with E-state index in [9.17, 15) is 14.0 Å². The molecule has 0 aliphatic carbocycles. The van der Waals surface area contributed by atoms with E-state index in [1.54, 1.807) is 0 Å². The number of hydrogen-bond donors (Lipinski definition) is 1. The first-order chi connectivity index (χ1) is 11.9. The summed E-state index contributed by atoms with van der Waals surface area (Å²) < 4.78 is 15.9. The molecule has 8 heteroatoms. The molecular weight excluding hydrogens is 347 g/mol. The summed E-state index contributed by atoms with van der Waals surface area (Å²) in [6.07, 6.45) is 3.32. The van der Waals surface area contributed by atoms with Crippen molar-refractivity contribution in [3.8, 4) is 0 Å². The molecule has 0 saturated carbocycles. The average molecular weight is 367 g/mol. The van der Waals surface area contributed by atoms with Gasteiger partial charge in [-0.3, -0.25) is 13.9 Å². The molecule has 1 fully saturated rings. The van der Waals surface area contributed by atoms with Gasteiger partial charge in [-0.1, -0.05) is 11.6 Å². The van der Waals surface area contributed by atoms with Crippen LogP contribution in [-0.2, 0) is 13.6 Å². The summed E-state index contributed by atoms with van der Waals surface area (Å²) >= 11 is 6.10. The maximum absolute atomic E-state index is 13.5. The summed E-state index contributed by atoms with van der Waals surface area (Å²) in [5.74, 6) is -0.431. The fourth-order valence-electron chi connectivity index (χ4n) is 3.12. The zero-order valence-corrected chi connectivity index (χ0v) is 14.7. The van der Waals surface area contributed by atoms with Gasteiger partial charge < -0.3 is 10.6 Å². The van der Waals surface area contributed by atoms with Crippen molar-refractivity contribution in [2.24, 2.45) is 12.8 Å². The van der Waals surface area contributed by atoms with Gasteiger partial charge >= 0.3 is 5.69 Å². The third-order valence-electron chi connectivity index (χ3n) is 4.48. The van der Waals surface area contributed by atoms with Gasteiger partial charge in [0.1, 0.15) is 11.5 Å². The summed E-state index contributed by atoms with van der Waals surface area (Å²) in [6.45, 7) is 1.35. The van der Waals surface area contributed by atoms with E-state index >= 15 is 0 Å². The Bertz CT molecular complexity index is 908. The van der Waals surface area contributed by atoms with E-state index in [1.165, 1.54) is 36.0 Å². The first-order valence-electron chi connectivity index (χ1n) is 8.11. The highest BCUT2D eigenvalue weighted by molar-refractivity contribution is 6.31. The van der Waals surface area contributed by atoms with E-state index < -0.39 is 11.5 Å². The van der Waals surface area contributed by atoms with Crippen LogP contribution in [0.5, 0.6) is 0 Å². The lowest BCUT2D eigenvalue weighted by Crippen LogP contribution is -2.47. The summed E-state index contributed by atoms with van der Waals surface area (Å²) in [4.78, 5) is 26.8. The van der Waals surface area contributed by atoms with Crippen LogP contribution in [0.3, 0.4) is 0 Å². The molecule has 0 amide bonds. The molecule has 0 radical (unpaired) electrons. The third kappa shape index (κ3) is 3.62. The number of nitrogens with two attached hydrogens (primary N) is 1. The molecule has 6 nitrogen and oxygen atoms in total. The number of benzene rings is 1. The Morgan fingerprint density at radius 3 is 2.84 bits per heavy atom. The Balaban J connectivity index is 2.04. The van der Waals surface area contributed by atoms with E-state index in [0.717, 1.165) is 17.4 Å². The molecule has 134 valence electrons. The van der Waals surface area contributed by atoms with Gasteiger partial charge in [-0.15, -0.1) is 0 Å². The van der Waals surface area contributed by atoms with Crippen LogP contribution in [0.1, 0.15) is 18.4 Å². The Labute approximate surface area is 149 Å². The van der Waals surface area contributed by atoms with Crippen LogP contribution in [0, 0.1) is 5.82 Å². The number of piperidine rings is 1. The SMILES string of the molecule is Cn1c(=O)c(N2CCC[C@@H](N)C2)cn(Cc2cc(F)ccc2Cl)c1=O. The Morgan fingerprint density at radius 2 is 2.12 bits per heavy atom. The lowest BCUT2D eigenvalue weighted by molar-refractivity contribution is 0.500. The number of aromatic nitrogens is 2. The third-order valence-corrected chi connectivity index (χ3v) is 4.85. The molecule has 0 unspecified atom stereocenters. The highest BCUT2D eigenvalue weighted by Gasteiger charge is 2.21. The molecule has 1 aromatic carbocycles. The molecule has 2 N–H and O–H groups in total. The van der Waals surface area contributed by atoms with Gasteiger partial charge in [-0.05, 0) is 36.6 Å². The normalized spacial score (nSPS) is 17.8. The molecule has 0 spiro atoms. The maximum Gasteiger partial charge on any atom is 0.331 e. The first-order valence-corrected chi connectivity index (χ1v) is 8.49. The minimum absolute atomic E-state index is 0.00324. The van der Waals surface area contributed by atoms with E-state index in [-0.39, 0.29) is 18.1 Å². The topological polar surface area (TPSA) is 73.3 Å². The fourth-order valence-corrected chi connectivity index (χ4v) is 3.29. The lowest BCUT2D eigenvalue weighted by Gasteiger charge is -2.32. The summed E-state index contributed by atoms with van der Waals surface area (Å²) in [6, 6.07) is 3.99. The Hall–Kier alpha value is -2.12. The summed E-state index contributed by atoms with van der Waals surface area (Å²) in [5, 5.41) is 0.365. The van der Waals surface area contributed by atoms with Crippen molar-refractivity contribution in [1.29, 1.82) is 0 Å². The van der Waals surface area contributed by atoms with E-state index in [1.807, 2.05) is 4.90 Å². The summed E-state index contributed by atoms with van der Waals surface area (Å²) in [7, 11) is 1.43. The van der Waals surface area contributed by atoms with Gasteiger partial charge in [0.05, 0.1) is 6.54 Å². The van der Waals surface area contributed by atoms with Crippen LogP contribution in [0.15, 0.2) is 34.0 Å². The van der Waals surface area contributed by atoms with Crippen molar-refractivity contribution in [3.05, 3.63) is 61.6 Å². The van der Waals surface area contributed by atoms with Crippen LogP contribution in [0.25, 0.3) is 0 Å². The predicted octanol–water partition coefficient (Wildman–Crippen LogP) is 1.32. The van der Waals surface area contributed by atoms with Crippen molar-refractivity contribution >= 4 is 17.3 Å². The maximum atomic E-state index is 13.5. The Morgan fingerprint density at radius 1 is 1.36 bits per heavy atom. The van der Waals surface area contributed by atoms with Crippen molar-refractivity contribution in [3.63, 3.8) is 0 Å². The van der Waals surface area contributed by atoms with Gasteiger partial charge in [0, 0.05) is 37.4 Å². The lowest BCUT2D eigenvalue weighted by atomic mass is 10.1. The average Bonchev–Trinajstić information content (AvgIpc) is 2.58.